The van der Waals surface area contributed by atoms with Crippen molar-refractivity contribution < 1.29 is 0 Å². The fourth-order valence-electron chi connectivity index (χ4n) is 3.12. The fraction of sp³-hybridized carbons (Fsp3) is 0.105. The van der Waals surface area contributed by atoms with Crippen molar-refractivity contribution in [2.24, 2.45) is 0 Å². The Morgan fingerprint density at radius 2 is 2.10 bits per heavy atom. The molecule has 0 saturated heterocycles. The summed E-state index contributed by atoms with van der Waals surface area (Å²) in [5, 5.41) is 13.1. The van der Waals surface area contributed by atoms with Crippen molar-refractivity contribution in [3.63, 3.8) is 0 Å². The summed E-state index contributed by atoms with van der Waals surface area (Å²) >= 11 is 6.18. The van der Waals surface area contributed by atoms with Crippen LogP contribution in [-0.4, -0.2) is 24.5 Å². The number of hydrogen-bond donors (Lipinski definition) is 3. The van der Waals surface area contributed by atoms with Crippen molar-refractivity contribution >= 4 is 40.2 Å². The van der Waals surface area contributed by atoms with Crippen LogP contribution < -0.4 is 16.8 Å². The molecule has 0 aliphatic rings. The van der Waals surface area contributed by atoms with Crippen molar-refractivity contribution in [1.29, 1.82) is 5.26 Å². The fourth-order valence-corrected chi connectivity index (χ4v) is 3.28. The molecule has 0 spiro atoms. The van der Waals surface area contributed by atoms with Gasteiger partial charge in [0.15, 0.2) is 5.82 Å². The molecule has 4 rings (SSSR count). The molecule has 9 nitrogen and oxygen atoms in total. The summed E-state index contributed by atoms with van der Waals surface area (Å²) in [7, 11) is 0. The van der Waals surface area contributed by atoms with Crippen molar-refractivity contribution in [1.82, 2.24) is 24.5 Å². The molecule has 0 aromatic carbocycles. The SMILES string of the molecule is CC(Nc1nc(N)nc(N)c1C#N)c1cn(-c2cccnc2)c2cc(Cl)cnc12. The quantitative estimate of drug-likeness (QED) is 0.469. The Kier molecular flexibility index (Phi) is 4.62. The van der Waals surface area contributed by atoms with E-state index in [2.05, 4.69) is 25.3 Å². The second kappa shape index (κ2) is 7.26. The zero-order valence-electron chi connectivity index (χ0n) is 15.3. The number of nitriles is 1. The van der Waals surface area contributed by atoms with Crippen LogP contribution in [0, 0.1) is 11.3 Å². The molecule has 0 radical (unpaired) electrons. The van der Waals surface area contributed by atoms with E-state index < -0.39 is 0 Å². The lowest BCUT2D eigenvalue weighted by Crippen LogP contribution is -2.13. The number of nitrogen functional groups attached to an aromatic ring is 2. The van der Waals surface area contributed by atoms with Crippen LogP contribution in [0.15, 0.2) is 43.0 Å². The van der Waals surface area contributed by atoms with E-state index in [-0.39, 0.29) is 29.2 Å². The number of anilines is 3. The van der Waals surface area contributed by atoms with E-state index in [1.54, 1.807) is 18.6 Å². The van der Waals surface area contributed by atoms with Gasteiger partial charge in [-0.05, 0) is 25.1 Å². The molecular formula is C19H16ClN9. The number of fused-ring (bicyclic) bond motifs is 1. The maximum atomic E-state index is 9.40. The van der Waals surface area contributed by atoms with Crippen LogP contribution in [0.4, 0.5) is 17.6 Å². The van der Waals surface area contributed by atoms with Crippen molar-refractivity contribution in [2.45, 2.75) is 13.0 Å². The van der Waals surface area contributed by atoms with Gasteiger partial charge in [-0.1, -0.05) is 11.6 Å². The molecule has 0 bridgehead atoms. The first-order valence-corrected chi connectivity index (χ1v) is 9.02. The molecule has 144 valence electrons. The summed E-state index contributed by atoms with van der Waals surface area (Å²) in [4.78, 5) is 16.6. The lowest BCUT2D eigenvalue weighted by Gasteiger charge is -2.15. The Morgan fingerprint density at radius 1 is 1.28 bits per heavy atom. The van der Waals surface area contributed by atoms with Crippen molar-refractivity contribution in [2.75, 3.05) is 16.8 Å². The minimum Gasteiger partial charge on any atom is -0.382 e. The molecule has 29 heavy (non-hydrogen) atoms. The summed E-state index contributed by atoms with van der Waals surface area (Å²) in [5.41, 5.74) is 15.0. The van der Waals surface area contributed by atoms with E-state index in [4.69, 9.17) is 23.1 Å². The smallest absolute Gasteiger partial charge is 0.224 e. The molecule has 4 aromatic heterocycles. The predicted molar refractivity (Wildman–Crippen MR) is 111 cm³/mol. The number of rotatable bonds is 4. The maximum absolute atomic E-state index is 9.40. The Balaban J connectivity index is 1.82. The first-order chi connectivity index (χ1) is 14.0. The van der Waals surface area contributed by atoms with Crippen molar-refractivity contribution in [3.8, 4) is 11.8 Å². The number of nitrogens with two attached hydrogens (primary N) is 2. The molecule has 1 atom stereocenters. The highest BCUT2D eigenvalue weighted by Gasteiger charge is 2.20. The van der Waals surface area contributed by atoms with Gasteiger partial charge in [-0.25, -0.2) is 0 Å². The summed E-state index contributed by atoms with van der Waals surface area (Å²) in [6.45, 7) is 1.92. The Labute approximate surface area is 171 Å². The second-order valence-corrected chi connectivity index (χ2v) is 6.79. The summed E-state index contributed by atoms with van der Waals surface area (Å²) in [6.07, 6.45) is 7.00. The second-order valence-electron chi connectivity index (χ2n) is 6.36. The molecule has 1 unspecified atom stereocenters. The average Bonchev–Trinajstić information content (AvgIpc) is 3.07. The average molecular weight is 406 g/mol. The van der Waals surface area contributed by atoms with Crippen LogP contribution in [0.3, 0.4) is 0 Å². The molecule has 0 fully saturated rings. The van der Waals surface area contributed by atoms with Gasteiger partial charge >= 0.3 is 0 Å². The topological polar surface area (TPSA) is 144 Å². The maximum Gasteiger partial charge on any atom is 0.224 e. The summed E-state index contributed by atoms with van der Waals surface area (Å²) < 4.78 is 1.96. The number of hydrogen-bond acceptors (Lipinski definition) is 8. The van der Waals surface area contributed by atoms with E-state index in [9.17, 15) is 5.26 Å². The first kappa shape index (κ1) is 18.5. The number of halogens is 1. The van der Waals surface area contributed by atoms with Gasteiger partial charge in [-0.3, -0.25) is 9.97 Å². The lowest BCUT2D eigenvalue weighted by molar-refractivity contribution is 0.872. The largest absolute Gasteiger partial charge is 0.382 e. The predicted octanol–water partition coefficient (Wildman–Crippen LogP) is 3.07. The van der Waals surface area contributed by atoms with E-state index in [1.165, 1.54) is 0 Å². The first-order valence-electron chi connectivity index (χ1n) is 8.64. The van der Waals surface area contributed by atoms with Gasteiger partial charge in [0.05, 0.1) is 34.0 Å². The molecule has 4 heterocycles. The third-order valence-corrected chi connectivity index (χ3v) is 4.65. The normalized spacial score (nSPS) is 11.9. The number of nitrogens with one attached hydrogen (secondary N) is 1. The van der Waals surface area contributed by atoms with Gasteiger partial charge in [0, 0.05) is 24.2 Å². The third kappa shape index (κ3) is 3.37. The third-order valence-electron chi connectivity index (χ3n) is 4.45. The van der Waals surface area contributed by atoms with Crippen LogP contribution in [-0.2, 0) is 0 Å². The van der Waals surface area contributed by atoms with Crippen LogP contribution in [0.25, 0.3) is 16.7 Å². The van der Waals surface area contributed by atoms with Gasteiger partial charge in [0.25, 0.3) is 0 Å². The summed E-state index contributed by atoms with van der Waals surface area (Å²) in [5.74, 6) is 0.275. The zero-order valence-corrected chi connectivity index (χ0v) is 16.1. The van der Waals surface area contributed by atoms with Crippen LogP contribution in [0.1, 0.15) is 24.1 Å². The number of aromatic nitrogens is 5. The monoisotopic (exact) mass is 405 g/mol. The highest BCUT2D eigenvalue weighted by atomic mass is 35.5. The Morgan fingerprint density at radius 3 is 2.83 bits per heavy atom. The van der Waals surface area contributed by atoms with Gasteiger partial charge < -0.3 is 21.4 Å². The van der Waals surface area contributed by atoms with Crippen LogP contribution >= 0.6 is 11.6 Å². The standard InChI is InChI=1S/C19H16ClN9/c1-10(26-18-13(6-21)17(22)27-19(23)28-18)14-9-29(12-3-2-4-24-8-12)15-5-11(20)7-25-16(14)15/h2-5,7-10H,1H3,(H5,22,23,26,27,28). The minimum atomic E-state index is -0.273. The highest BCUT2D eigenvalue weighted by molar-refractivity contribution is 6.31. The Bertz CT molecular complexity index is 1240. The molecule has 0 aliphatic heterocycles. The van der Waals surface area contributed by atoms with Crippen LogP contribution in [0.5, 0.6) is 0 Å². The van der Waals surface area contributed by atoms with Crippen molar-refractivity contribution in [3.05, 3.63) is 59.1 Å². The highest BCUT2D eigenvalue weighted by Crippen LogP contribution is 2.31. The van der Waals surface area contributed by atoms with E-state index in [0.717, 1.165) is 22.3 Å². The summed E-state index contributed by atoms with van der Waals surface area (Å²) in [6, 6.07) is 7.37. The molecule has 0 aliphatic carbocycles. The van der Waals surface area contributed by atoms with Crippen LogP contribution in [0.2, 0.25) is 5.02 Å². The number of nitrogens with zero attached hydrogens (tertiary/aromatic N) is 6. The van der Waals surface area contributed by atoms with Gasteiger partial charge in [0.2, 0.25) is 5.95 Å². The van der Waals surface area contributed by atoms with E-state index >= 15 is 0 Å². The van der Waals surface area contributed by atoms with Gasteiger partial charge in [-0.2, -0.15) is 15.2 Å². The van der Waals surface area contributed by atoms with Gasteiger partial charge in [0.1, 0.15) is 17.5 Å². The van der Waals surface area contributed by atoms with E-state index in [1.807, 2.05) is 42.0 Å². The Hall–Kier alpha value is -3.90. The zero-order chi connectivity index (χ0) is 20.5. The molecule has 0 amide bonds. The molecule has 0 saturated carbocycles. The minimum absolute atomic E-state index is 0.0149. The molecule has 10 heteroatoms. The molecule has 5 N–H and O–H groups in total. The molecular weight excluding hydrogens is 390 g/mol. The van der Waals surface area contributed by atoms with Gasteiger partial charge in [-0.15, -0.1) is 0 Å². The van der Waals surface area contributed by atoms with E-state index in [0.29, 0.717) is 5.02 Å². The molecule has 4 aromatic rings. The lowest BCUT2D eigenvalue weighted by atomic mass is 10.1. The number of pyridine rings is 2.